The molecule has 1 aromatic carbocycles. The van der Waals surface area contributed by atoms with Crippen LogP contribution in [0, 0.1) is 0 Å². The lowest BCUT2D eigenvalue weighted by Crippen LogP contribution is -2.34. The summed E-state index contributed by atoms with van der Waals surface area (Å²) in [6.45, 7) is 0. The third kappa shape index (κ3) is 2.68. The van der Waals surface area contributed by atoms with Crippen molar-refractivity contribution in [2.24, 2.45) is 0 Å². The van der Waals surface area contributed by atoms with Crippen molar-refractivity contribution in [2.75, 3.05) is 5.32 Å². The van der Waals surface area contributed by atoms with E-state index >= 15 is 0 Å². The van der Waals surface area contributed by atoms with Crippen LogP contribution in [0.1, 0.15) is 6.42 Å². The molecule has 1 fully saturated rings. The minimum absolute atomic E-state index is 0.233. The van der Waals surface area contributed by atoms with Gasteiger partial charge in [0.2, 0.25) is 5.91 Å². The van der Waals surface area contributed by atoms with Gasteiger partial charge in [0.1, 0.15) is 12.1 Å². The van der Waals surface area contributed by atoms with E-state index in [1.165, 1.54) is 0 Å². The molecule has 2 atom stereocenters. The second kappa shape index (κ2) is 4.63. The maximum atomic E-state index is 11.5. The fraction of sp³-hybridized carbons (Fsp3) is 0.273. The molecule has 0 aromatic heterocycles. The molecular formula is C11H11ClN2O3. The van der Waals surface area contributed by atoms with Gasteiger partial charge in [-0.25, -0.2) is 4.79 Å². The van der Waals surface area contributed by atoms with Crippen molar-refractivity contribution in [1.29, 1.82) is 0 Å². The molecule has 6 heteroatoms. The van der Waals surface area contributed by atoms with Crippen molar-refractivity contribution < 1.29 is 14.7 Å². The highest BCUT2D eigenvalue weighted by Crippen LogP contribution is 2.18. The van der Waals surface area contributed by atoms with Crippen molar-refractivity contribution in [2.45, 2.75) is 18.5 Å². The highest BCUT2D eigenvalue weighted by Gasteiger charge is 2.35. The van der Waals surface area contributed by atoms with Crippen molar-refractivity contribution in [3.8, 4) is 0 Å². The molecule has 1 aliphatic heterocycles. The first-order valence-corrected chi connectivity index (χ1v) is 5.49. The zero-order valence-corrected chi connectivity index (χ0v) is 9.57. The predicted molar refractivity (Wildman–Crippen MR) is 63.0 cm³/mol. The van der Waals surface area contributed by atoms with E-state index in [1.54, 1.807) is 24.3 Å². The molecule has 0 aliphatic carbocycles. The molecule has 3 N–H and O–H groups in total. The smallest absolute Gasteiger partial charge is 0.326 e. The zero-order valence-electron chi connectivity index (χ0n) is 8.81. The number of aliphatic carboxylic acids is 1. The van der Waals surface area contributed by atoms with Gasteiger partial charge in [-0.3, -0.25) is 4.79 Å². The lowest BCUT2D eigenvalue weighted by molar-refractivity contribution is -0.140. The lowest BCUT2D eigenvalue weighted by atomic mass is 10.1. The van der Waals surface area contributed by atoms with E-state index in [0.29, 0.717) is 5.02 Å². The molecule has 1 saturated heterocycles. The van der Waals surface area contributed by atoms with Crippen LogP contribution in [-0.4, -0.2) is 29.1 Å². The summed E-state index contributed by atoms with van der Waals surface area (Å²) in [5.41, 5.74) is 0.737. The van der Waals surface area contributed by atoms with Gasteiger partial charge < -0.3 is 15.7 Å². The molecule has 0 spiro atoms. The van der Waals surface area contributed by atoms with Crippen LogP contribution < -0.4 is 10.6 Å². The van der Waals surface area contributed by atoms with Gasteiger partial charge in [0.05, 0.1) is 0 Å². The average Bonchev–Trinajstić information content (AvgIpc) is 2.64. The number of hydrogen-bond donors (Lipinski definition) is 3. The second-order valence-electron chi connectivity index (χ2n) is 3.84. The zero-order chi connectivity index (χ0) is 12.4. The summed E-state index contributed by atoms with van der Waals surface area (Å²) in [5, 5.41) is 14.8. The molecule has 1 aromatic rings. The fourth-order valence-corrected chi connectivity index (χ4v) is 1.83. The van der Waals surface area contributed by atoms with E-state index in [4.69, 9.17) is 16.7 Å². The van der Waals surface area contributed by atoms with E-state index in [9.17, 15) is 9.59 Å². The minimum Gasteiger partial charge on any atom is -0.480 e. The van der Waals surface area contributed by atoms with Crippen molar-refractivity contribution in [3.05, 3.63) is 29.3 Å². The Hall–Kier alpha value is -1.75. The summed E-state index contributed by atoms with van der Waals surface area (Å²) in [6.07, 6.45) is 0.233. The number of rotatable bonds is 3. The Kier molecular flexibility index (Phi) is 3.19. The van der Waals surface area contributed by atoms with E-state index in [-0.39, 0.29) is 12.3 Å². The molecule has 5 nitrogen and oxygen atoms in total. The van der Waals surface area contributed by atoms with Crippen LogP contribution in [-0.2, 0) is 9.59 Å². The number of carbonyl (C=O) groups is 2. The Morgan fingerprint density at radius 3 is 2.59 bits per heavy atom. The monoisotopic (exact) mass is 254 g/mol. The number of halogens is 1. The Morgan fingerprint density at radius 2 is 2.06 bits per heavy atom. The van der Waals surface area contributed by atoms with Crippen molar-refractivity contribution >= 4 is 29.2 Å². The molecule has 1 amide bonds. The van der Waals surface area contributed by atoms with Crippen LogP contribution in [0.15, 0.2) is 24.3 Å². The van der Waals surface area contributed by atoms with E-state index in [1.807, 2.05) is 0 Å². The standard InChI is InChI=1S/C11H11ClN2O3/c12-6-1-3-7(4-2-6)13-8-5-9(11(16)17)14-10(8)15/h1-4,8-9,13H,5H2,(H,14,15)(H,16,17)/t8-,9-/m0/s1. The second-order valence-corrected chi connectivity index (χ2v) is 4.28. The largest absolute Gasteiger partial charge is 0.480 e. The Morgan fingerprint density at radius 1 is 1.41 bits per heavy atom. The Labute approximate surface area is 103 Å². The molecule has 2 rings (SSSR count). The van der Waals surface area contributed by atoms with Crippen LogP contribution in [0.4, 0.5) is 5.69 Å². The number of carbonyl (C=O) groups excluding carboxylic acids is 1. The fourth-order valence-electron chi connectivity index (χ4n) is 1.71. The average molecular weight is 255 g/mol. The van der Waals surface area contributed by atoms with Gasteiger partial charge in [0.25, 0.3) is 0 Å². The highest BCUT2D eigenvalue weighted by molar-refractivity contribution is 6.30. The molecular weight excluding hydrogens is 244 g/mol. The van der Waals surface area contributed by atoms with Gasteiger partial charge in [-0.15, -0.1) is 0 Å². The summed E-state index contributed by atoms with van der Waals surface area (Å²) in [6, 6.07) is 5.55. The maximum absolute atomic E-state index is 11.5. The number of benzene rings is 1. The number of hydrogen-bond acceptors (Lipinski definition) is 3. The van der Waals surface area contributed by atoms with Crippen LogP contribution >= 0.6 is 11.6 Å². The molecule has 17 heavy (non-hydrogen) atoms. The Bertz CT molecular complexity index is 447. The van der Waals surface area contributed by atoms with Gasteiger partial charge >= 0.3 is 5.97 Å². The third-order valence-electron chi connectivity index (χ3n) is 2.59. The number of carboxylic acid groups (broad SMARTS) is 1. The van der Waals surface area contributed by atoms with Crippen molar-refractivity contribution in [1.82, 2.24) is 5.32 Å². The summed E-state index contributed by atoms with van der Waals surface area (Å²) in [5.74, 6) is -1.31. The van der Waals surface area contributed by atoms with Crippen LogP contribution in [0.5, 0.6) is 0 Å². The third-order valence-corrected chi connectivity index (χ3v) is 2.84. The van der Waals surface area contributed by atoms with Crippen LogP contribution in [0.2, 0.25) is 5.02 Å². The number of nitrogens with one attached hydrogen (secondary N) is 2. The lowest BCUT2D eigenvalue weighted by Gasteiger charge is -2.11. The molecule has 90 valence electrons. The molecule has 0 saturated carbocycles. The molecule has 0 unspecified atom stereocenters. The molecule has 0 bridgehead atoms. The summed E-state index contributed by atoms with van der Waals surface area (Å²) < 4.78 is 0. The molecule has 0 radical (unpaired) electrons. The van der Waals surface area contributed by atoms with Gasteiger partial charge in [0, 0.05) is 17.1 Å². The summed E-state index contributed by atoms with van der Waals surface area (Å²) in [7, 11) is 0. The van der Waals surface area contributed by atoms with E-state index in [2.05, 4.69) is 10.6 Å². The number of anilines is 1. The number of amides is 1. The van der Waals surface area contributed by atoms with Gasteiger partial charge in [-0.2, -0.15) is 0 Å². The molecule has 1 heterocycles. The van der Waals surface area contributed by atoms with Gasteiger partial charge in [0.15, 0.2) is 0 Å². The maximum Gasteiger partial charge on any atom is 0.326 e. The van der Waals surface area contributed by atoms with Crippen LogP contribution in [0.25, 0.3) is 0 Å². The summed E-state index contributed by atoms with van der Waals surface area (Å²) in [4.78, 5) is 22.2. The topological polar surface area (TPSA) is 78.4 Å². The first-order valence-electron chi connectivity index (χ1n) is 5.11. The summed E-state index contributed by atoms with van der Waals surface area (Å²) >= 11 is 5.74. The van der Waals surface area contributed by atoms with Crippen molar-refractivity contribution in [3.63, 3.8) is 0 Å². The van der Waals surface area contributed by atoms with Gasteiger partial charge in [-0.05, 0) is 24.3 Å². The normalized spacial score (nSPS) is 23.2. The van der Waals surface area contributed by atoms with E-state index in [0.717, 1.165) is 5.69 Å². The SMILES string of the molecule is O=C(O)[C@@H]1C[C@H](Nc2ccc(Cl)cc2)C(=O)N1. The first-order chi connectivity index (χ1) is 8.06. The molecule has 1 aliphatic rings. The quantitative estimate of drug-likeness (QED) is 0.755. The predicted octanol–water partition coefficient (Wildman–Crippen LogP) is 1.09. The highest BCUT2D eigenvalue weighted by atomic mass is 35.5. The Balaban J connectivity index is 2.02. The van der Waals surface area contributed by atoms with Gasteiger partial charge in [-0.1, -0.05) is 11.6 Å². The number of carboxylic acids is 1. The van der Waals surface area contributed by atoms with Crippen LogP contribution in [0.3, 0.4) is 0 Å². The first kappa shape index (κ1) is 11.7. The van der Waals surface area contributed by atoms with E-state index < -0.39 is 18.1 Å². The minimum atomic E-state index is -1.02.